The van der Waals surface area contributed by atoms with Crippen LogP contribution in [0.3, 0.4) is 0 Å². The first kappa shape index (κ1) is 39.7. The van der Waals surface area contributed by atoms with Gasteiger partial charge in [0.05, 0.1) is 24.2 Å². The highest BCUT2D eigenvalue weighted by atomic mass is 32.2. The quantitative estimate of drug-likeness (QED) is 0.139. The molecule has 47 heavy (non-hydrogen) atoms. The zero-order valence-corrected chi connectivity index (χ0v) is 29.7. The number of aliphatic hydroxyl groups excluding tert-OH is 1. The summed E-state index contributed by atoms with van der Waals surface area (Å²) < 4.78 is 32.7. The minimum Gasteiger partial charge on any atom is -0.444 e. The van der Waals surface area contributed by atoms with Crippen molar-refractivity contribution in [2.75, 3.05) is 5.75 Å². The van der Waals surface area contributed by atoms with Crippen molar-refractivity contribution in [2.24, 2.45) is 11.8 Å². The number of carbonyl (C=O) groups is 3. The molecule has 3 amide bonds. The highest BCUT2D eigenvalue weighted by Gasteiger charge is 2.33. The van der Waals surface area contributed by atoms with Crippen LogP contribution in [0.1, 0.15) is 79.5 Å². The second-order valence-corrected chi connectivity index (χ2v) is 15.7. The van der Waals surface area contributed by atoms with E-state index in [1.807, 2.05) is 58.0 Å². The number of aromatic nitrogens is 2. The number of benzene rings is 1. The standard InChI is InChI=1S/C33H54N6O7S/c1-9-47(44,45)39-25(22(4)5)18-29(40)26(15-21(2)3)36-31(42)28(17-24-19-34-20-35-24)37-30(41)27(16-23-13-11-10-12-14-23)38-32(43)46-33(6,7)8/h10-14,19-22,25-29,39-40H,9,15-18H2,1-8H3,(H,34,35)(H,36,42)(H,37,41)(H,38,43)/t25-,26-,27-,28-,29-/m0/s1. The molecule has 2 rings (SSSR count). The number of hydrogen-bond donors (Lipinski definition) is 6. The molecule has 2 aromatic rings. The molecule has 0 unspecified atom stereocenters. The SMILES string of the molecule is CCS(=O)(=O)N[C@@H](C[C@H](O)[C@H](CC(C)C)NC(=O)[C@H](Cc1cnc[nH]1)NC(=O)[C@H](Cc1ccccc1)NC(=O)OC(C)(C)C)C(C)C. The van der Waals surface area contributed by atoms with Gasteiger partial charge in [0.25, 0.3) is 0 Å². The van der Waals surface area contributed by atoms with Gasteiger partial charge in [-0.15, -0.1) is 0 Å². The van der Waals surface area contributed by atoms with Gasteiger partial charge in [0.2, 0.25) is 21.8 Å². The number of H-pyrrole nitrogens is 1. The second-order valence-electron chi connectivity index (χ2n) is 13.7. The van der Waals surface area contributed by atoms with E-state index in [4.69, 9.17) is 4.74 Å². The monoisotopic (exact) mass is 678 g/mol. The van der Waals surface area contributed by atoms with Crippen molar-refractivity contribution in [1.82, 2.24) is 30.6 Å². The number of alkyl carbamates (subject to hydrolysis) is 1. The summed E-state index contributed by atoms with van der Waals surface area (Å²) in [5.41, 5.74) is 0.578. The number of nitrogens with zero attached hydrogens (tertiary/aromatic N) is 1. The molecule has 14 heteroatoms. The summed E-state index contributed by atoms with van der Waals surface area (Å²) in [6.45, 7) is 14.3. The number of rotatable bonds is 18. The molecule has 1 aromatic carbocycles. The second kappa shape index (κ2) is 18.2. The maximum atomic E-state index is 13.9. The third-order valence-corrected chi connectivity index (χ3v) is 8.85. The summed E-state index contributed by atoms with van der Waals surface area (Å²) >= 11 is 0. The number of aromatic amines is 1. The van der Waals surface area contributed by atoms with E-state index in [0.29, 0.717) is 12.1 Å². The van der Waals surface area contributed by atoms with Crippen LogP contribution in [0.2, 0.25) is 0 Å². The maximum Gasteiger partial charge on any atom is 0.408 e. The fraction of sp³-hybridized carbons (Fsp3) is 0.636. The summed E-state index contributed by atoms with van der Waals surface area (Å²) in [6.07, 6.45) is 1.81. The maximum absolute atomic E-state index is 13.9. The topological polar surface area (TPSA) is 192 Å². The van der Waals surface area contributed by atoms with Gasteiger partial charge in [-0.2, -0.15) is 0 Å². The minimum absolute atomic E-state index is 0.0531. The first-order valence-electron chi connectivity index (χ1n) is 16.2. The first-order chi connectivity index (χ1) is 21.9. The van der Waals surface area contributed by atoms with Crippen LogP contribution in [-0.2, 0) is 37.2 Å². The molecule has 0 fully saturated rings. The first-order valence-corrected chi connectivity index (χ1v) is 17.8. The Hall–Kier alpha value is -3.49. The number of sulfonamides is 1. The third kappa shape index (κ3) is 14.9. The molecule has 0 spiro atoms. The van der Waals surface area contributed by atoms with Crippen LogP contribution < -0.4 is 20.7 Å². The Morgan fingerprint density at radius 3 is 2.06 bits per heavy atom. The van der Waals surface area contributed by atoms with Crippen molar-refractivity contribution in [3.8, 4) is 0 Å². The largest absolute Gasteiger partial charge is 0.444 e. The molecule has 0 radical (unpaired) electrons. The van der Waals surface area contributed by atoms with Crippen LogP contribution in [0.15, 0.2) is 42.9 Å². The van der Waals surface area contributed by atoms with Gasteiger partial charge in [0.1, 0.15) is 17.7 Å². The van der Waals surface area contributed by atoms with Gasteiger partial charge >= 0.3 is 6.09 Å². The van der Waals surface area contributed by atoms with E-state index in [2.05, 4.69) is 30.6 Å². The van der Waals surface area contributed by atoms with Crippen LogP contribution >= 0.6 is 0 Å². The third-order valence-electron chi connectivity index (χ3n) is 7.43. The van der Waals surface area contributed by atoms with E-state index in [-0.39, 0.29) is 36.9 Å². The van der Waals surface area contributed by atoms with Crippen LogP contribution in [0.5, 0.6) is 0 Å². The average Bonchev–Trinajstić information content (AvgIpc) is 3.48. The van der Waals surface area contributed by atoms with Gasteiger partial charge in [-0.25, -0.2) is 22.9 Å². The lowest BCUT2D eigenvalue weighted by molar-refractivity contribution is -0.131. The van der Waals surface area contributed by atoms with E-state index in [0.717, 1.165) is 5.56 Å². The van der Waals surface area contributed by atoms with Gasteiger partial charge < -0.3 is 30.8 Å². The Morgan fingerprint density at radius 1 is 0.915 bits per heavy atom. The summed E-state index contributed by atoms with van der Waals surface area (Å²) in [5, 5.41) is 19.7. The summed E-state index contributed by atoms with van der Waals surface area (Å²) in [5.74, 6) is -1.29. The van der Waals surface area contributed by atoms with E-state index >= 15 is 0 Å². The number of hydrogen-bond acceptors (Lipinski definition) is 8. The molecule has 6 N–H and O–H groups in total. The average molecular weight is 679 g/mol. The van der Waals surface area contributed by atoms with Gasteiger partial charge in [0.15, 0.2) is 0 Å². The van der Waals surface area contributed by atoms with Crippen molar-refractivity contribution in [2.45, 2.75) is 117 Å². The number of amides is 3. The fourth-order valence-electron chi connectivity index (χ4n) is 4.90. The molecule has 1 heterocycles. The van der Waals surface area contributed by atoms with E-state index in [1.54, 1.807) is 33.9 Å². The Bertz CT molecular complexity index is 1360. The van der Waals surface area contributed by atoms with Crippen LogP contribution in [0, 0.1) is 11.8 Å². The Balaban J connectivity index is 2.33. The minimum atomic E-state index is -3.53. The molecule has 0 aliphatic heterocycles. The van der Waals surface area contributed by atoms with Crippen molar-refractivity contribution in [3.05, 3.63) is 54.1 Å². The predicted molar refractivity (Wildman–Crippen MR) is 181 cm³/mol. The summed E-state index contributed by atoms with van der Waals surface area (Å²) in [7, 11) is -3.53. The van der Waals surface area contributed by atoms with Gasteiger partial charge in [-0.3, -0.25) is 9.59 Å². The Morgan fingerprint density at radius 2 is 1.53 bits per heavy atom. The highest BCUT2D eigenvalue weighted by molar-refractivity contribution is 7.89. The van der Waals surface area contributed by atoms with E-state index < -0.39 is 63.8 Å². The zero-order chi connectivity index (χ0) is 35.4. The van der Waals surface area contributed by atoms with Gasteiger partial charge in [-0.1, -0.05) is 58.0 Å². The number of ether oxygens (including phenoxy) is 1. The van der Waals surface area contributed by atoms with E-state index in [1.165, 1.54) is 6.33 Å². The molecule has 0 saturated carbocycles. The van der Waals surface area contributed by atoms with Gasteiger partial charge in [-0.05, 0) is 57.9 Å². The summed E-state index contributed by atoms with van der Waals surface area (Å²) in [4.78, 5) is 47.4. The molecular weight excluding hydrogens is 624 g/mol. The molecular formula is C33H54N6O7S. The molecule has 13 nitrogen and oxygen atoms in total. The molecule has 0 bridgehead atoms. The number of imidazole rings is 1. The molecule has 0 aliphatic carbocycles. The zero-order valence-electron chi connectivity index (χ0n) is 28.9. The van der Waals surface area contributed by atoms with Crippen LogP contribution in [-0.4, -0.2) is 83.0 Å². The van der Waals surface area contributed by atoms with Crippen molar-refractivity contribution in [1.29, 1.82) is 0 Å². The molecule has 0 saturated heterocycles. The fourth-order valence-corrected chi connectivity index (χ4v) is 5.90. The lowest BCUT2D eigenvalue weighted by Gasteiger charge is -2.32. The smallest absolute Gasteiger partial charge is 0.408 e. The highest BCUT2D eigenvalue weighted by Crippen LogP contribution is 2.18. The number of carbonyl (C=O) groups excluding carboxylic acids is 3. The normalized spacial score (nSPS) is 15.4. The molecule has 264 valence electrons. The predicted octanol–water partition coefficient (Wildman–Crippen LogP) is 2.82. The summed E-state index contributed by atoms with van der Waals surface area (Å²) in [6, 6.07) is 5.67. The van der Waals surface area contributed by atoms with Crippen LogP contribution in [0.25, 0.3) is 0 Å². The molecule has 0 aliphatic rings. The Kier molecular flexibility index (Phi) is 15.3. The number of nitrogens with one attached hydrogen (secondary N) is 5. The van der Waals surface area contributed by atoms with Crippen molar-refractivity contribution in [3.63, 3.8) is 0 Å². The van der Waals surface area contributed by atoms with E-state index in [9.17, 15) is 27.9 Å². The van der Waals surface area contributed by atoms with Gasteiger partial charge in [0, 0.05) is 30.8 Å². The number of aliphatic hydroxyl groups is 1. The van der Waals surface area contributed by atoms with Crippen LogP contribution in [0.4, 0.5) is 4.79 Å². The Labute approximate surface area is 279 Å². The van der Waals surface area contributed by atoms with Crippen molar-refractivity contribution >= 4 is 27.9 Å². The lowest BCUT2D eigenvalue weighted by Crippen LogP contribution is -2.58. The lowest BCUT2D eigenvalue weighted by atomic mass is 9.91. The molecule has 5 atom stereocenters. The molecule has 1 aromatic heterocycles. The van der Waals surface area contributed by atoms with Crippen molar-refractivity contribution < 1.29 is 32.6 Å².